The van der Waals surface area contributed by atoms with E-state index in [1.807, 2.05) is 54.6 Å². The molecule has 0 radical (unpaired) electrons. The van der Waals surface area contributed by atoms with Gasteiger partial charge in [-0.15, -0.1) is 0 Å². The van der Waals surface area contributed by atoms with Crippen LogP contribution in [0.4, 0.5) is 0 Å². The van der Waals surface area contributed by atoms with Crippen LogP contribution in [0.25, 0.3) is 0 Å². The second kappa shape index (κ2) is 29.8. The number of benzene rings is 3. The molecule has 6 heteroatoms. The van der Waals surface area contributed by atoms with E-state index in [1.54, 1.807) is 36.4 Å². The first-order chi connectivity index (χ1) is 24.8. The number of hydrogen-bond acceptors (Lipinski definition) is 6. The Kier molecular flexibility index (Phi) is 26.3. The molecule has 0 aliphatic rings. The van der Waals surface area contributed by atoms with Crippen LogP contribution in [0.2, 0.25) is 0 Å². The molecule has 0 spiro atoms. The van der Waals surface area contributed by atoms with Crippen molar-refractivity contribution >= 4 is 17.9 Å². The Morgan fingerprint density at radius 2 is 0.647 bits per heavy atom. The van der Waals surface area contributed by atoms with Crippen molar-refractivity contribution in [2.45, 2.75) is 119 Å². The predicted octanol–water partition coefficient (Wildman–Crippen LogP) is 12.2. The lowest BCUT2D eigenvalue weighted by Crippen LogP contribution is -2.13. The van der Waals surface area contributed by atoms with Crippen molar-refractivity contribution in [1.82, 2.24) is 0 Å². The molecule has 0 bridgehead atoms. The number of ether oxygens (including phenoxy) is 3. The highest BCUT2D eigenvalue weighted by Gasteiger charge is 2.13. The van der Waals surface area contributed by atoms with Crippen LogP contribution in [0.1, 0.15) is 150 Å². The topological polar surface area (TPSA) is 78.9 Å². The molecule has 0 amide bonds. The van der Waals surface area contributed by atoms with E-state index in [1.165, 1.54) is 38.5 Å². The van der Waals surface area contributed by atoms with Gasteiger partial charge in [0.2, 0.25) is 0 Å². The Labute approximate surface area is 309 Å². The van der Waals surface area contributed by atoms with Crippen molar-refractivity contribution in [1.29, 1.82) is 0 Å². The minimum atomic E-state index is -0.208. The minimum absolute atomic E-state index is 0.208. The molecule has 0 saturated heterocycles. The summed E-state index contributed by atoms with van der Waals surface area (Å²) in [4.78, 5) is 35.1. The van der Waals surface area contributed by atoms with Crippen molar-refractivity contribution < 1.29 is 28.6 Å². The standard InChI is InChI=1S/3C15H22O2/c3*1-3-5-9-13(4-2)12-17-15(16)14-10-7-6-8-11-14/h3*6-8,10-11,13H,3-5,9,12H2,1-2H3. The summed E-state index contributed by atoms with van der Waals surface area (Å²) in [5, 5.41) is 0. The maximum absolute atomic E-state index is 11.7. The zero-order valence-corrected chi connectivity index (χ0v) is 32.4. The van der Waals surface area contributed by atoms with E-state index in [-0.39, 0.29) is 17.9 Å². The summed E-state index contributed by atoms with van der Waals surface area (Å²) in [6.45, 7) is 14.6. The third kappa shape index (κ3) is 21.1. The molecule has 0 heterocycles. The van der Waals surface area contributed by atoms with E-state index < -0.39 is 0 Å². The van der Waals surface area contributed by atoms with E-state index in [4.69, 9.17) is 14.2 Å². The van der Waals surface area contributed by atoms with Crippen LogP contribution >= 0.6 is 0 Å². The molecule has 0 saturated carbocycles. The van der Waals surface area contributed by atoms with Crippen molar-refractivity contribution in [3.05, 3.63) is 108 Å². The molecule has 3 aromatic carbocycles. The van der Waals surface area contributed by atoms with Crippen LogP contribution < -0.4 is 0 Å². The number of carbonyl (C=O) groups is 3. The Morgan fingerprint density at radius 3 is 0.843 bits per heavy atom. The molecule has 0 N–H and O–H groups in total. The molecule has 0 aliphatic carbocycles. The smallest absolute Gasteiger partial charge is 0.338 e. The highest BCUT2D eigenvalue weighted by Crippen LogP contribution is 2.16. The third-order valence-corrected chi connectivity index (χ3v) is 9.01. The number of hydrogen-bond donors (Lipinski definition) is 0. The van der Waals surface area contributed by atoms with Crippen molar-refractivity contribution in [3.63, 3.8) is 0 Å². The Bertz CT molecular complexity index is 1120. The zero-order valence-electron chi connectivity index (χ0n) is 32.4. The van der Waals surface area contributed by atoms with Crippen molar-refractivity contribution in [3.8, 4) is 0 Å². The largest absolute Gasteiger partial charge is 0.462 e. The lowest BCUT2D eigenvalue weighted by atomic mass is 10.0. The number of rotatable bonds is 21. The molecule has 3 aromatic rings. The maximum atomic E-state index is 11.7. The van der Waals surface area contributed by atoms with Crippen LogP contribution in [0.15, 0.2) is 91.0 Å². The summed E-state index contributed by atoms with van der Waals surface area (Å²) in [6, 6.07) is 27.5. The van der Waals surface area contributed by atoms with Gasteiger partial charge in [-0.05, 0) is 73.4 Å². The molecular formula is C45H66O6. The summed E-state index contributed by atoms with van der Waals surface area (Å²) in [7, 11) is 0. The van der Waals surface area contributed by atoms with Gasteiger partial charge in [0, 0.05) is 0 Å². The van der Waals surface area contributed by atoms with Crippen molar-refractivity contribution in [2.24, 2.45) is 17.8 Å². The Morgan fingerprint density at radius 1 is 0.412 bits per heavy atom. The van der Waals surface area contributed by atoms with Crippen LogP contribution in [-0.2, 0) is 14.2 Å². The van der Waals surface area contributed by atoms with Crippen LogP contribution in [-0.4, -0.2) is 37.7 Å². The third-order valence-electron chi connectivity index (χ3n) is 9.01. The molecule has 3 rings (SSSR count). The highest BCUT2D eigenvalue weighted by atomic mass is 16.5. The van der Waals surface area contributed by atoms with Gasteiger partial charge in [-0.3, -0.25) is 0 Å². The minimum Gasteiger partial charge on any atom is -0.462 e. The normalized spacial score (nSPS) is 12.1. The number of unbranched alkanes of at least 4 members (excludes halogenated alkanes) is 3. The first-order valence-electron chi connectivity index (χ1n) is 19.5. The second-order valence-electron chi connectivity index (χ2n) is 13.1. The molecule has 3 atom stereocenters. The van der Waals surface area contributed by atoms with E-state index in [0.29, 0.717) is 54.3 Å². The SMILES string of the molecule is CCCCC(CC)COC(=O)c1ccccc1.CCCCC(CC)COC(=O)c1ccccc1.CCCCC(CC)COC(=O)c1ccccc1. The first-order valence-corrected chi connectivity index (χ1v) is 19.5. The fraction of sp³-hybridized carbons (Fsp3) is 0.533. The fourth-order valence-corrected chi connectivity index (χ4v) is 5.25. The molecule has 0 aromatic heterocycles. The monoisotopic (exact) mass is 702 g/mol. The number of esters is 3. The van der Waals surface area contributed by atoms with E-state index in [0.717, 1.165) is 38.5 Å². The summed E-state index contributed by atoms with van der Waals surface area (Å²) in [6.07, 6.45) is 13.9. The molecule has 6 nitrogen and oxygen atoms in total. The quantitative estimate of drug-likeness (QED) is 0.0812. The lowest BCUT2D eigenvalue weighted by molar-refractivity contribution is 0.0419. The predicted molar refractivity (Wildman–Crippen MR) is 210 cm³/mol. The van der Waals surface area contributed by atoms with Gasteiger partial charge >= 0.3 is 17.9 Å². The lowest BCUT2D eigenvalue weighted by Gasteiger charge is -2.14. The Hall–Kier alpha value is -3.93. The average molecular weight is 703 g/mol. The van der Waals surface area contributed by atoms with Gasteiger partial charge < -0.3 is 14.2 Å². The summed E-state index contributed by atoms with van der Waals surface area (Å²) in [5.41, 5.74) is 1.91. The van der Waals surface area contributed by atoms with Gasteiger partial charge in [0.05, 0.1) is 36.5 Å². The summed E-state index contributed by atoms with van der Waals surface area (Å²) < 4.78 is 16.0. The summed E-state index contributed by atoms with van der Waals surface area (Å²) >= 11 is 0. The summed E-state index contributed by atoms with van der Waals surface area (Å²) in [5.74, 6) is 0.884. The molecular weight excluding hydrogens is 636 g/mol. The van der Waals surface area contributed by atoms with E-state index in [9.17, 15) is 14.4 Å². The molecule has 282 valence electrons. The first kappa shape index (κ1) is 45.1. The van der Waals surface area contributed by atoms with Crippen LogP contribution in [0.3, 0.4) is 0 Å². The molecule has 51 heavy (non-hydrogen) atoms. The average Bonchev–Trinajstić information content (AvgIpc) is 3.19. The molecule has 0 fully saturated rings. The second-order valence-corrected chi connectivity index (χ2v) is 13.1. The van der Waals surface area contributed by atoms with Crippen LogP contribution in [0.5, 0.6) is 0 Å². The van der Waals surface area contributed by atoms with Gasteiger partial charge in [-0.2, -0.15) is 0 Å². The van der Waals surface area contributed by atoms with Gasteiger partial charge in [0.1, 0.15) is 0 Å². The number of carbonyl (C=O) groups excluding carboxylic acids is 3. The van der Waals surface area contributed by atoms with Gasteiger partial charge in [0.15, 0.2) is 0 Å². The molecule has 0 aliphatic heterocycles. The van der Waals surface area contributed by atoms with Crippen LogP contribution in [0, 0.1) is 17.8 Å². The maximum Gasteiger partial charge on any atom is 0.338 e. The molecule has 3 unspecified atom stereocenters. The Balaban J connectivity index is 0.000000382. The fourth-order valence-electron chi connectivity index (χ4n) is 5.25. The van der Waals surface area contributed by atoms with Gasteiger partial charge in [0.25, 0.3) is 0 Å². The van der Waals surface area contributed by atoms with E-state index >= 15 is 0 Å². The van der Waals surface area contributed by atoms with E-state index in [2.05, 4.69) is 41.5 Å². The highest BCUT2D eigenvalue weighted by molar-refractivity contribution is 5.90. The van der Waals surface area contributed by atoms with Gasteiger partial charge in [-0.1, -0.05) is 154 Å². The van der Waals surface area contributed by atoms with Gasteiger partial charge in [-0.25, -0.2) is 14.4 Å². The van der Waals surface area contributed by atoms with Crippen molar-refractivity contribution in [2.75, 3.05) is 19.8 Å². The zero-order chi connectivity index (χ0) is 37.5.